The van der Waals surface area contributed by atoms with Crippen molar-refractivity contribution in [2.45, 2.75) is 48.3 Å². The Morgan fingerprint density at radius 3 is 2.71 bits per heavy atom. The molecule has 0 bridgehead atoms. The van der Waals surface area contributed by atoms with Crippen molar-refractivity contribution in [3.8, 4) is 11.3 Å². The van der Waals surface area contributed by atoms with Crippen LogP contribution in [0.25, 0.3) is 22.0 Å². The predicted molar refractivity (Wildman–Crippen MR) is 101 cm³/mol. The van der Waals surface area contributed by atoms with Gasteiger partial charge in [0.15, 0.2) is 6.20 Å². The number of hydrogen-bond acceptors (Lipinski definition) is 1. The van der Waals surface area contributed by atoms with E-state index in [1.165, 1.54) is 63.1 Å². The molecule has 1 saturated carbocycles. The summed E-state index contributed by atoms with van der Waals surface area (Å²) in [6, 6.07) is 13.7. The van der Waals surface area contributed by atoms with Crippen LogP contribution in [0.3, 0.4) is 0 Å². The molecule has 24 heavy (non-hydrogen) atoms. The van der Waals surface area contributed by atoms with Crippen LogP contribution in [0.5, 0.6) is 0 Å². The first-order chi connectivity index (χ1) is 11.7. The van der Waals surface area contributed by atoms with E-state index in [4.69, 9.17) is 0 Å². The quantitative estimate of drug-likeness (QED) is 0.401. The minimum Gasteiger partial charge on any atom is -0.200 e. The van der Waals surface area contributed by atoms with E-state index >= 15 is 0 Å². The third-order valence-corrected chi connectivity index (χ3v) is 6.96. The number of aryl methyl sites for hydroxylation is 2. The van der Waals surface area contributed by atoms with Gasteiger partial charge in [-0.05, 0) is 48.3 Å². The van der Waals surface area contributed by atoms with Gasteiger partial charge in [0.05, 0.1) is 10.5 Å². The maximum atomic E-state index is 2.38. The molecule has 120 valence electrons. The normalized spacial score (nSPS) is 16.6. The number of benzene rings is 2. The maximum Gasteiger partial charge on any atom is 0.227 e. The van der Waals surface area contributed by atoms with E-state index in [1.54, 1.807) is 5.56 Å². The minimum absolute atomic E-state index is 0.747. The molecule has 1 fully saturated rings. The molecule has 1 aromatic heterocycles. The zero-order chi connectivity index (χ0) is 16.3. The van der Waals surface area contributed by atoms with E-state index in [1.807, 2.05) is 11.8 Å². The van der Waals surface area contributed by atoms with Gasteiger partial charge < -0.3 is 0 Å². The molecule has 0 spiro atoms. The highest BCUT2D eigenvalue weighted by Gasteiger charge is 2.32. The third-order valence-electron chi connectivity index (χ3n) is 5.77. The number of nitrogens with zero attached hydrogens (tertiary/aromatic N) is 1. The Bertz CT molecular complexity index is 967. The van der Waals surface area contributed by atoms with Crippen LogP contribution in [0.1, 0.15) is 42.7 Å². The summed E-state index contributed by atoms with van der Waals surface area (Å²) in [6.45, 7) is 2.26. The average molecular weight is 332 g/mol. The number of rotatable bonds is 1. The second-order valence-electron chi connectivity index (χ2n) is 7.25. The number of fused-ring (bicyclic) bond motifs is 2. The summed E-state index contributed by atoms with van der Waals surface area (Å²) in [5, 5.41) is 2.80. The van der Waals surface area contributed by atoms with Gasteiger partial charge >= 0.3 is 0 Å². The molecule has 3 aromatic rings. The lowest BCUT2D eigenvalue weighted by atomic mass is 9.92. The zero-order valence-electron chi connectivity index (χ0n) is 14.3. The fraction of sp³-hybridized carbons (Fsp3) is 0.318. The Kier molecular flexibility index (Phi) is 3.24. The summed E-state index contributed by atoms with van der Waals surface area (Å²) in [5.74, 6) is 0.747. The fourth-order valence-corrected chi connectivity index (χ4v) is 5.93. The van der Waals surface area contributed by atoms with Crippen LogP contribution in [0, 0.1) is 6.92 Å². The van der Waals surface area contributed by atoms with Crippen molar-refractivity contribution in [2.75, 3.05) is 0 Å². The van der Waals surface area contributed by atoms with Gasteiger partial charge in [-0.1, -0.05) is 48.9 Å². The second-order valence-corrected chi connectivity index (χ2v) is 8.31. The first kappa shape index (κ1) is 14.5. The predicted octanol–water partition coefficient (Wildman–Crippen LogP) is 5.76. The molecule has 5 rings (SSSR count). The van der Waals surface area contributed by atoms with Crippen molar-refractivity contribution in [1.29, 1.82) is 0 Å². The molecule has 1 aliphatic carbocycles. The zero-order valence-corrected chi connectivity index (χ0v) is 15.1. The van der Waals surface area contributed by atoms with Gasteiger partial charge in [-0.15, -0.1) is 0 Å². The molecular weight excluding hydrogens is 310 g/mol. The maximum absolute atomic E-state index is 2.38. The smallest absolute Gasteiger partial charge is 0.200 e. The lowest BCUT2D eigenvalue weighted by molar-refractivity contribution is -0.662. The molecule has 2 heteroatoms. The monoisotopic (exact) mass is 332 g/mol. The van der Waals surface area contributed by atoms with Gasteiger partial charge in [0.25, 0.3) is 0 Å². The molecule has 2 aromatic carbocycles. The molecule has 1 aliphatic heterocycles. The Balaban J connectivity index is 1.87. The van der Waals surface area contributed by atoms with Crippen molar-refractivity contribution in [2.24, 2.45) is 7.05 Å². The Morgan fingerprint density at radius 1 is 1.04 bits per heavy atom. The van der Waals surface area contributed by atoms with Crippen molar-refractivity contribution in [3.05, 3.63) is 53.7 Å². The summed E-state index contributed by atoms with van der Waals surface area (Å²) < 4.78 is 2.33. The van der Waals surface area contributed by atoms with Crippen LogP contribution < -0.4 is 4.57 Å². The Hall–Kier alpha value is -1.80. The Morgan fingerprint density at radius 2 is 1.88 bits per heavy atom. The summed E-state index contributed by atoms with van der Waals surface area (Å²) in [5.41, 5.74) is 5.83. The molecule has 2 aliphatic rings. The SMILES string of the molecule is Cc1ccc2cccc3c2c1-c1c(c(C2CCCC2)cc[n+]1C)S3. The van der Waals surface area contributed by atoms with Crippen molar-refractivity contribution in [3.63, 3.8) is 0 Å². The highest BCUT2D eigenvalue weighted by Crippen LogP contribution is 2.51. The molecule has 0 unspecified atom stereocenters. The lowest BCUT2D eigenvalue weighted by Gasteiger charge is -2.23. The molecule has 0 atom stereocenters. The molecule has 0 N–H and O–H groups in total. The van der Waals surface area contributed by atoms with Crippen molar-refractivity contribution >= 4 is 22.5 Å². The number of pyridine rings is 1. The summed E-state index contributed by atoms with van der Waals surface area (Å²) in [7, 11) is 2.20. The van der Waals surface area contributed by atoms with Gasteiger partial charge in [0.2, 0.25) is 5.69 Å². The van der Waals surface area contributed by atoms with Crippen LogP contribution >= 0.6 is 11.8 Å². The molecule has 0 amide bonds. The van der Waals surface area contributed by atoms with Gasteiger partial charge in [0, 0.05) is 16.3 Å². The molecule has 1 nitrogen and oxygen atoms in total. The molecule has 2 heterocycles. The van der Waals surface area contributed by atoms with E-state index in [0.717, 1.165) is 5.92 Å². The largest absolute Gasteiger partial charge is 0.227 e. The van der Waals surface area contributed by atoms with E-state index < -0.39 is 0 Å². The topological polar surface area (TPSA) is 3.88 Å². The van der Waals surface area contributed by atoms with Crippen LogP contribution in [0.2, 0.25) is 0 Å². The molecular formula is C22H22NS+. The first-order valence-electron chi connectivity index (χ1n) is 8.97. The average Bonchev–Trinajstić information content (AvgIpc) is 3.12. The summed E-state index contributed by atoms with van der Waals surface area (Å²) in [4.78, 5) is 2.92. The van der Waals surface area contributed by atoms with Gasteiger partial charge in [0.1, 0.15) is 7.05 Å². The molecule has 0 radical (unpaired) electrons. The Labute approximate surface area is 147 Å². The minimum atomic E-state index is 0.747. The lowest BCUT2D eigenvalue weighted by Crippen LogP contribution is -2.32. The summed E-state index contributed by atoms with van der Waals surface area (Å²) in [6.07, 6.45) is 7.75. The van der Waals surface area contributed by atoms with E-state index in [2.05, 4.69) is 61.1 Å². The first-order valence-corrected chi connectivity index (χ1v) is 9.79. The van der Waals surface area contributed by atoms with Crippen LogP contribution in [-0.4, -0.2) is 0 Å². The highest BCUT2D eigenvalue weighted by atomic mass is 32.2. The summed E-state index contributed by atoms with van der Waals surface area (Å²) >= 11 is 1.99. The van der Waals surface area contributed by atoms with Crippen molar-refractivity contribution in [1.82, 2.24) is 0 Å². The number of hydrogen-bond donors (Lipinski definition) is 0. The third kappa shape index (κ3) is 1.99. The van der Waals surface area contributed by atoms with E-state index in [-0.39, 0.29) is 0 Å². The van der Waals surface area contributed by atoms with Gasteiger partial charge in [-0.3, -0.25) is 0 Å². The van der Waals surface area contributed by atoms with E-state index in [0.29, 0.717) is 0 Å². The van der Waals surface area contributed by atoms with Crippen molar-refractivity contribution < 1.29 is 4.57 Å². The van der Waals surface area contributed by atoms with Gasteiger partial charge in [-0.25, -0.2) is 4.57 Å². The van der Waals surface area contributed by atoms with E-state index in [9.17, 15) is 0 Å². The van der Waals surface area contributed by atoms with Gasteiger partial charge in [-0.2, -0.15) is 0 Å². The fourth-order valence-electron chi connectivity index (χ4n) is 4.54. The number of aromatic nitrogens is 1. The highest BCUT2D eigenvalue weighted by molar-refractivity contribution is 7.99. The van der Waals surface area contributed by atoms with Crippen LogP contribution in [0.4, 0.5) is 0 Å². The van der Waals surface area contributed by atoms with Crippen LogP contribution in [-0.2, 0) is 7.05 Å². The van der Waals surface area contributed by atoms with Crippen LogP contribution in [0.15, 0.2) is 52.4 Å². The second kappa shape index (κ2) is 5.35. The standard InChI is InChI=1S/C22H22NS/c1-14-10-11-16-8-5-9-18-20(16)19(14)21-22(24-18)17(12-13-23(21)2)15-6-3-4-7-15/h5,8-13,15H,3-4,6-7H2,1-2H3/q+1. The molecule has 0 saturated heterocycles.